The highest BCUT2D eigenvalue weighted by Gasteiger charge is 2.31. The number of nitrogens with one attached hydrogen (secondary N) is 1. The fraction of sp³-hybridized carbons (Fsp3) is 0.800. The van der Waals surface area contributed by atoms with Crippen LogP contribution in [0.3, 0.4) is 0 Å². The summed E-state index contributed by atoms with van der Waals surface area (Å²) >= 11 is 2.06. The molecule has 1 saturated carbocycles. The highest BCUT2D eigenvalue weighted by Crippen LogP contribution is 2.38. The smallest absolute Gasteiger partial charge is 0.0641 e. The molecule has 0 saturated heterocycles. The summed E-state index contributed by atoms with van der Waals surface area (Å²) in [5, 5.41) is 8.18. The highest BCUT2D eigenvalue weighted by atomic mass is 32.2. The molecule has 4 heteroatoms. The molecule has 2 rings (SSSR count). The number of nitrogens with zero attached hydrogens (tertiary/aromatic N) is 2. The summed E-state index contributed by atoms with van der Waals surface area (Å²) < 4.78 is 2.37. The van der Waals surface area contributed by atoms with E-state index >= 15 is 0 Å². The van der Waals surface area contributed by atoms with E-state index in [0.29, 0.717) is 10.8 Å². The first-order valence-electron chi connectivity index (χ1n) is 7.35. The molecule has 1 heterocycles. The Kier molecular flexibility index (Phi) is 4.96. The standard InChI is InChI=1S/C15H27N3S/c1-12(14-10-18(3)17-13(14)2)16-11-15(19-4)8-6-5-7-9-15/h10,12,16H,5-9,11H2,1-4H3. The minimum Gasteiger partial charge on any atom is -0.309 e. The summed E-state index contributed by atoms with van der Waals surface area (Å²) in [5.74, 6) is 0. The Labute approximate surface area is 121 Å². The Hall–Kier alpha value is -0.480. The van der Waals surface area contributed by atoms with Gasteiger partial charge in [0.2, 0.25) is 0 Å². The zero-order valence-electron chi connectivity index (χ0n) is 12.7. The van der Waals surface area contributed by atoms with Crippen molar-refractivity contribution < 1.29 is 0 Å². The Morgan fingerprint density at radius 2 is 2.11 bits per heavy atom. The summed E-state index contributed by atoms with van der Waals surface area (Å²) in [6.45, 7) is 5.46. The molecule has 0 amide bonds. The molecule has 0 aromatic carbocycles. The van der Waals surface area contributed by atoms with Crippen molar-refractivity contribution in [1.29, 1.82) is 0 Å². The van der Waals surface area contributed by atoms with Crippen molar-refractivity contribution in [2.45, 2.75) is 56.7 Å². The average molecular weight is 281 g/mol. The van der Waals surface area contributed by atoms with Crippen molar-refractivity contribution in [2.24, 2.45) is 7.05 Å². The van der Waals surface area contributed by atoms with E-state index < -0.39 is 0 Å². The van der Waals surface area contributed by atoms with Crippen LogP contribution in [0, 0.1) is 6.92 Å². The summed E-state index contributed by atoms with van der Waals surface area (Å²) in [5.41, 5.74) is 2.47. The van der Waals surface area contributed by atoms with Crippen LogP contribution in [0.15, 0.2) is 6.20 Å². The monoisotopic (exact) mass is 281 g/mol. The first-order valence-corrected chi connectivity index (χ1v) is 8.57. The van der Waals surface area contributed by atoms with Gasteiger partial charge in [-0.05, 0) is 32.9 Å². The molecule has 108 valence electrons. The van der Waals surface area contributed by atoms with E-state index in [4.69, 9.17) is 0 Å². The van der Waals surface area contributed by atoms with Gasteiger partial charge in [-0.2, -0.15) is 16.9 Å². The highest BCUT2D eigenvalue weighted by molar-refractivity contribution is 8.00. The normalized spacial score (nSPS) is 20.4. The van der Waals surface area contributed by atoms with Gasteiger partial charge in [0.1, 0.15) is 0 Å². The first-order chi connectivity index (χ1) is 9.06. The number of rotatable bonds is 5. The molecular formula is C15H27N3S. The third kappa shape index (κ3) is 3.54. The summed E-state index contributed by atoms with van der Waals surface area (Å²) in [6, 6.07) is 0.389. The van der Waals surface area contributed by atoms with Crippen molar-refractivity contribution in [3.8, 4) is 0 Å². The molecular weight excluding hydrogens is 254 g/mol. The van der Waals surface area contributed by atoms with E-state index in [-0.39, 0.29) is 0 Å². The van der Waals surface area contributed by atoms with Crippen LogP contribution in [0.5, 0.6) is 0 Å². The van der Waals surface area contributed by atoms with Crippen LogP contribution in [0.1, 0.15) is 56.3 Å². The summed E-state index contributed by atoms with van der Waals surface area (Å²) in [7, 11) is 1.99. The van der Waals surface area contributed by atoms with Gasteiger partial charge in [-0.25, -0.2) is 0 Å². The predicted octanol–water partition coefficient (Wildman–Crippen LogP) is 3.45. The van der Waals surface area contributed by atoms with Gasteiger partial charge in [-0.3, -0.25) is 4.68 Å². The minimum atomic E-state index is 0.389. The molecule has 1 unspecified atom stereocenters. The number of aryl methyl sites for hydroxylation is 2. The predicted molar refractivity (Wildman–Crippen MR) is 83.7 cm³/mol. The molecule has 0 radical (unpaired) electrons. The summed E-state index contributed by atoms with van der Waals surface area (Å²) in [4.78, 5) is 0. The molecule has 1 aromatic rings. The van der Waals surface area contributed by atoms with E-state index in [1.54, 1.807) is 0 Å². The van der Waals surface area contributed by atoms with Crippen LogP contribution < -0.4 is 5.32 Å². The van der Waals surface area contributed by atoms with Crippen LogP contribution in [-0.4, -0.2) is 27.3 Å². The molecule has 1 aromatic heterocycles. The zero-order valence-corrected chi connectivity index (χ0v) is 13.5. The molecule has 0 bridgehead atoms. The van der Waals surface area contributed by atoms with Gasteiger partial charge >= 0.3 is 0 Å². The average Bonchev–Trinajstić information content (AvgIpc) is 2.76. The molecule has 1 atom stereocenters. The van der Waals surface area contributed by atoms with Gasteiger partial charge in [-0.15, -0.1) is 0 Å². The van der Waals surface area contributed by atoms with Crippen LogP contribution in [0.2, 0.25) is 0 Å². The van der Waals surface area contributed by atoms with Gasteiger partial charge in [0.25, 0.3) is 0 Å². The van der Waals surface area contributed by atoms with E-state index in [9.17, 15) is 0 Å². The lowest BCUT2D eigenvalue weighted by atomic mass is 9.88. The topological polar surface area (TPSA) is 29.9 Å². The zero-order chi connectivity index (χ0) is 13.9. The Bertz CT molecular complexity index is 408. The van der Waals surface area contributed by atoms with Crippen molar-refractivity contribution in [3.63, 3.8) is 0 Å². The van der Waals surface area contributed by atoms with E-state index in [0.717, 1.165) is 12.2 Å². The number of hydrogen-bond acceptors (Lipinski definition) is 3. The fourth-order valence-corrected chi connectivity index (χ4v) is 4.07. The van der Waals surface area contributed by atoms with Gasteiger partial charge in [0.05, 0.1) is 5.69 Å². The number of aromatic nitrogens is 2. The van der Waals surface area contributed by atoms with Gasteiger partial charge < -0.3 is 5.32 Å². The Balaban J connectivity index is 1.95. The molecule has 1 N–H and O–H groups in total. The molecule has 3 nitrogen and oxygen atoms in total. The van der Waals surface area contributed by atoms with E-state index in [1.165, 1.54) is 37.7 Å². The van der Waals surface area contributed by atoms with E-state index in [2.05, 4.69) is 48.5 Å². The quantitative estimate of drug-likeness (QED) is 0.896. The third-order valence-corrected chi connectivity index (χ3v) is 5.86. The molecule has 1 fully saturated rings. The van der Waals surface area contributed by atoms with Gasteiger partial charge in [-0.1, -0.05) is 19.3 Å². The second kappa shape index (κ2) is 6.31. The second-order valence-electron chi connectivity index (χ2n) is 5.89. The molecule has 1 aliphatic rings. The Morgan fingerprint density at radius 3 is 2.63 bits per heavy atom. The SMILES string of the molecule is CSC1(CNC(C)c2cn(C)nc2C)CCCCC1. The molecule has 1 aliphatic carbocycles. The fourth-order valence-electron chi connectivity index (χ4n) is 3.14. The van der Waals surface area contributed by atoms with E-state index in [1.807, 2.05) is 11.7 Å². The lowest BCUT2D eigenvalue weighted by molar-refractivity contribution is 0.367. The number of thioether (sulfide) groups is 1. The van der Waals surface area contributed by atoms with Crippen LogP contribution >= 0.6 is 11.8 Å². The number of hydrogen-bond donors (Lipinski definition) is 1. The van der Waals surface area contributed by atoms with Crippen LogP contribution in [-0.2, 0) is 7.05 Å². The minimum absolute atomic E-state index is 0.389. The van der Waals surface area contributed by atoms with Crippen molar-refractivity contribution >= 4 is 11.8 Å². The first kappa shape index (κ1) is 14.9. The Morgan fingerprint density at radius 1 is 1.42 bits per heavy atom. The lowest BCUT2D eigenvalue weighted by Gasteiger charge is -2.37. The maximum Gasteiger partial charge on any atom is 0.0641 e. The maximum absolute atomic E-state index is 4.44. The molecule has 19 heavy (non-hydrogen) atoms. The van der Waals surface area contributed by atoms with Crippen molar-refractivity contribution in [1.82, 2.24) is 15.1 Å². The van der Waals surface area contributed by atoms with Crippen LogP contribution in [0.25, 0.3) is 0 Å². The summed E-state index contributed by atoms with van der Waals surface area (Å²) in [6.07, 6.45) is 11.3. The largest absolute Gasteiger partial charge is 0.309 e. The second-order valence-corrected chi connectivity index (χ2v) is 7.17. The third-order valence-electron chi connectivity index (χ3n) is 4.45. The molecule has 0 aliphatic heterocycles. The van der Waals surface area contributed by atoms with Crippen LogP contribution in [0.4, 0.5) is 0 Å². The van der Waals surface area contributed by atoms with Gasteiger partial charge in [0.15, 0.2) is 0 Å². The maximum atomic E-state index is 4.44. The van der Waals surface area contributed by atoms with Crippen molar-refractivity contribution in [3.05, 3.63) is 17.5 Å². The van der Waals surface area contributed by atoms with Gasteiger partial charge in [0, 0.05) is 36.1 Å². The lowest BCUT2D eigenvalue weighted by Crippen LogP contribution is -2.40. The molecule has 0 spiro atoms. The van der Waals surface area contributed by atoms with Crippen molar-refractivity contribution in [2.75, 3.05) is 12.8 Å².